The first-order valence-electron chi connectivity index (χ1n) is 12.4. The Labute approximate surface area is 190 Å². The van der Waals surface area contributed by atoms with Crippen molar-refractivity contribution in [1.29, 1.82) is 5.26 Å². The number of nitrogens with zero attached hydrogens (tertiary/aromatic N) is 4. The van der Waals surface area contributed by atoms with E-state index in [0.29, 0.717) is 11.5 Å². The minimum atomic E-state index is -0.0690. The van der Waals surface area contributed by atoms with E-state index in [9.17, 15) is 10.1 Å². The van der Waals surface area contributed by atoms with E-state index in [4.69, 9.17) is 4.98 Å². The topological polar surface area (TPSA) is 60.2 Å². The van der Waals surface area contributed by atoms with E-state index >= 15 is 0 Å². The van der Waals surface area contributed by atoms with Crippen molar-refractivity contribution in [3.05, 3.63) is 35.4 Å². The number of benzene rings is 1. The van der Waals surface area contributed by atoms with E-state index in [0.717, 1.165) is 86.3 Å². The number of rotatable bonds is 2. The van der Waals surface area contributed by atoms with Crippen molar-refractivity contribution in [3.63, 3.8) is 0 Å². The van der Waals surface area contributed by atoms with Gasteiger partial charge in [-0.1, -0.05) is 12.1 Å². The van der Waals surface area contributed by atoms with E-state index < -0.39 is 0 Å². The van der Waals surface area contributed by atoms with Crippen molar-refractivity contribution in [2.24, 2.45) is 23.2 Å². The molecular weight excluding hydrogens is 396 g/mol. The zero-order chi connectivity index (χ0) is 21.9. The summed E-state index contributed by atoms with van der Waals surface area (Å²) >= 11 is 0. The van der Waals surface area contributed by atoms with Crippen molar-refractivity contribution < 1.29 is 4.79 Å². The molecule has 1 aromatic heterocycles. The third-order valence-electron chi connectivity index (χ3n) is 8.65. The van der Waals surface area contributed by atoms with E-state index in [1.165, 1.54) is 24.8 Å². The SMILES string of the molecule is Cc1ccc2cc(C#N)c(N3CCCN(C(=O)C45CC6CC(CC(C6)C4)C5)CC3)nc2c1. The molecule has 5 nitrogen and oxygen atoms in total. The third-order valence-corrected chi connectivity index (χ3v) is 8.65. The van der Waals surface area contributed by atoms with Crippen molar-refractivity contribution in [1.82, 2.24) is 9.88 Å². The fourth-order valence-corrected chi connectivity index (χ4v) is 7.63. The van der Waals surface area contributed by atoms with Gasteiger partial charge in [-0.25, -0.2) is 4.98 Å². The summed E-state index contributed by atoms with van der Waals surface area (Å²) in [5.74, 6) is 3.57. The molecule has 0 atom stereocenters. The Morgan fingerprint density at radius 2 is 1.75 bits per heavy atom. The Kier molecular flexibility index (Phi) is 4.68. The number of fused-ring (bicyclic) bond motifs is 1. The molecule has 4 bridgehead atoms. The number of pyridine rings is 1. The number of aryl methyl sites for hydroxylation is 1. The number of hydrogen-bond acceptors (Lipinski definition) is 4. The largest absolute Gasteiger partial charge is 0.354 e. The van der Waals surface area contributed by atoms with Gasteiger partial charge in [0.2, 0.25) is 5.91 Å². The first-order chi connectivity index (χ1) is 15.5. The highest BCUT2D eigenvalue weighted by Crippen LogP contribution is 2.60. The van der Waals surface area contributed by atoms with Crippen LogP contribution in [0, 0.1) is 41.4 Å². The molecule has 1 aliphatic heterocycles. The van der Waals surface area contributed by atoms with Crippen molar-refractivity contribution in [2.75, 3.05) is 31.1 Å². The van der Waals surface area contributed by atoms with Crippen LogP contribution >= 0.6 is 0 Å². The summed E-state index contributed by atoms with van der Waals surface area (Å²) < 4.78 is 0. The average molecular weight is 429 g/mol. The predicted octanol–water partition coefficient (Wildman–Crippen LogP) is 4.67. The Morgan fingerprint density at radius 3 is 2.44 bits per heavy atom. The maximum Gasteiger partial charge on any atom is 0.228 e. The standard InChI is InChI=1S/C27H32N4O/c1-18-3-4-22-13-23(17-28)25(29-24(22)9-18)30-5-2-6-31(8-7-30)26(32)27-14-19-10-20(15-27)12-21(11-19)16-27/h3-4,9,13,19-21H,2,5-8,10-12,14-16H2,1H3. The van der Waals surface area contributed by atoms with Crippen LogP contribution in [0.3, 0.4) is 0 Å². The van der Waals surface area contributed by atoms with Crippen LogP contribution in [-0.2, 0) is 4.79 Å². The van der Waals surface area contributed by atoms with Gasteiger partial charge in [-0.3, -0.25) is 4.79 Å². The molecule has 2 heterocycles. The van der Waals surface area contributed by atoms with Gasteiger partial charge in [0.25, 0.3) is 0 Å². The summed E-state index contributed by atoms with van der Waals surface area (Å²) in [5.41, 5.74) is 2.66. The molecule has 4 aliphatic carbocycles. The smallest absolute Gasteiger partial charge is 0.228 e. The number of aromatic nitrogens is 1. The average Bonchev–Trinajstić information content (AvgIpc) is 3.03. The van der Waals surface area contributed by atoms with Gasteiger partial charge in [-0.05, 0) is 87.3 Å². The van der Waals surface area contributed by atoms with E-state index in [1.807, 2.05) is 12.1 Å². The van der Waals surface area contributed by atoms with Crippen molar-refractivity contribution >= 4 is 22.6 Å². The lowest BCUT2D eigenvalue weighted by molar-refractivity contribution is -0.157. The number of anilines is 1. The Bertz CT molecular complexity index is 1080. The number of carbonyl (C=O) groups is 1. The molecular formula is C27H32N4O. The number of nitriles is 1. The summed E-state index contributed by atoms with van der Waals surface area (Å²) in [5, 5.41) is 10.8. The molecule has 1 aromatic carbocycles. The first kappa shape index (κ1) is 20.0. The minimum Gasteiger partial charge on any atom is -0.354 e. The van der Waals surface area contributed by atoms with Crippen molar-refractivity contribution in [2.45, 2.75) is 51.9 Å². The zero-order valence-electron chi connectivity index (χ0n) is 19.0. The fourth-order valence-electron chi connectivity index (χ4n) is 7.63. The van der Waals surface area contributed by atoms with Crippen LogP contribution in [0.15, 0.2) is 24.3 Å². The van der Waals surface area contributed by atoms with Crippen molar-refractivity contribution in [3.8, 4) is 6.07 Å². The molecule has 4 saturated carbocycles. The van der Waals surface area contributed by atoms with Gasteiger partial charge in [0, 0.05) is 31.6 Å². The van der Waals surface area contributed by atoms with Crippen LogP contribution in [0.2, 0.25) is 0 Å². The number of hydrogen-bond donors (Lipinski definition) is 0. The third kappa shape index (κ3) is 3.27. The van der Waals surface area contributed by atoms with Gasteiger partial charge in [0.05, 0.1) is 16.5 Å². The number of amides is 1. The molecule has 1 saturated heterocycles. The van der Waals surface area contributed by atoms with Gasteiger partial charge in [0.15, 0.2) is 0 Å². The second kappa shape index (κ2) is 7.47. The highest BCUT2D eigenvalue weighted by atomic mass is 16.2. The van der Waals surface area contributed by atoms with E-state index in [2.05, 4.69) is 34.9 Å². The normalized spacial score (nSPS) is 31.6. The van der Waals surface area contributed by atoms with Gasteiger partial charge < -0.3 is 9.80 Å². The monoisotopic (exact) mass is 428 g/mol. The molecule has 166 valence electrons. The molecule has 0 radical (unpaired) electrons. The molecule has 5 aliphatic rings. The van der Waals surface area contributed by atoms with Crippen LogP contribution in [-0.4, -0.2) is 42.0 Å². The van der Waals surface area contributed by atoms with Crippen LogP contribution in [0.4, 0.5) is 5.82 Å². The Morgan fingerprint density at radius 1 is 1.03 bits per heavy atom. The number of carbonyl (C=O) groups excluding carboxylic acids is 1. The lowest BCUT2D eigenvalue weighted by atomic mass is 9.49. The lowest BCUT2D eigenvalue weighted by Crippen LogP contribution is -2.55. The van der Waals surface area contributed by atoms with Gasteiger partial charge in [0.1, 0.15) is 11.9 Å². The molecule has 7 rings (SSSR count). The van der Waals surface area contributed by atoms with E-state index in [1.54, 1.807) is 0 Å². The Hall–Kier alpha value is -2.61. The summed E-state index contributed by atoms with van der Waals surface area (Å²) in [6.07, 6.45) is 8.40. The van der Waals surface area contributed by atoms with Gasteiger partial charge >= 0.3 is 0 Å². The maximum absolute atomic E-state index is 13.8. The van der Waals surface area contributed by atoms with Crippen LogP contribution in [0.1, 0.15) is 56.1 Å². The van der Waals surface area contributed by atoms with Crippen LogP contribution in [0.5, 0.6) is 0 Å². The predicted molar refractivity (Wildman–Crippen MR) is 125 cm³/mol. The molecule has 5 heteroatoms. The summed E-state index contributed by atoms with van der Waals surface area (Å²) in [7, 11) is 0. The fraction of sp³-hybridized carbons (Fsp3) is 0.593. The van der Waals surface area contributed by atoms with E-state index in [-0.39, 0.29) is 5.41 Å². The highest BCUT2D eigenvalue weighted by molar-refractivity contribution is 5.84. The van der Waals surface area contributed by atoms with Crippen LogP contribution < -0.4 is 4.90 Å². The molecule has 0 N–H and O–H groups in total. The second-order valence-corrected chi connectivity index (χ2v) is 11.0. The Balaban J connectivity index is 1.23. The molecule has 5 fully saturated rings. The molecule has 1 amide bonds. The van der Waals surface area contributed by atoms with Gasteiger partial charge in [-0.15, -0.1) is 0 Å². The molecule has 2 aromatic rings. The molecule has 32 heavy (non-hydrogen) atoms. The molecule has 0 spiro atoms. The zero-order valence-corrected chi connectivity index (χ0v) is 19.0. The molecule has 0 unspecified atom stereocenters. The quantitative estimate of drug-likeness (QED) is 0.697. The van der Waals surface area contributed by atoms with Gasteiger partial charge in [-0.2, -0.15) is 5.26 Å². The second-order valence-electron chi connectivity index (χ2n) is 11.0. The summed E-state index contributed by atoms with van der Waals surface area (Å²) in [6, 6.07) is 10.5. The first-order valence-corrected chi connectivity index (χ1v) is 12.4. The maximum atomic E-state index is 13.8. The van der Waals surface area contributed by atoms with Crippen LogP contribution in [0.25, 0.3) is 10.9 Å². The highest BCUT2D eigenvalue weighted by Gasteiger charge is 2.55. The minimum absolute atomic E-state index is 0.0690. The lowest BCUT2D eigenvalue weighted by Gasteiger charge is -2.56. The summed E-state index contributed by atoms with van der Waals surface area (Å²) in [6.45, 7) is 5.21. The summed E-state index contributed by atoms with van der Waals surface area (Å²) in [4.78, 5) is 23.1.